The summed E-state index contributed by atoms with van der Waals surface area (Å²) in [6, 6.07) is 13.0. The van der Waals surface area contributed by atoms with Crippen molar-refractivity contribution in [2.24, 2.45) is 0 Å². The summed E-state index contributed by atoms with van der Waals surface area (Å²) in [5, 5.41) is 13.9. The Kier molecular flexibility index (Phi) is 4.00. The number of nitriles is 1. The number of hydrogen-bond donors (Lipinski definition) is 2. The fourth-order valence-electron chi connectivity index (χ4n) is 3.61. The van der Waals surface area contributed by atoms with Gasteiger partial charge in [0.25, 0.3) is 11.8 Å². The molecule has 140 valence electrons. The topological polar surface area (TPSA) is 112 Å². The van der Waals surface area contributed by atoms with Gasteiger partial charge in [-0.2, -0.15) is 5.26 Å². The average Bonchev–Trinajstić information content (AvgIpc) is 3.17. The van der Waals surface area contributed by atoms with Gasteiger partial charge in [-0.15, -0.1) is 0 Å². The molecule has 2 aromatic rings. The number of amides is 4. The van der Waals surface area contributed by atoms with Crippen LogP contribution in [0.5, 0.6) is 5.75 Å². The van der Waals surface area contributed by atoms with E-state index in [4.69, 9.17) is 10.00 Å². The molecule has 8 heteroatoms. The second kappa shape index (κ2) is 6.39. The van der Waals surface area contributed by atoms with Crippen molar-refractivity contribution in [3.05, 3.63) is 64.7 Å². The van der Waals surface area contributed by atoms with Crippen molar-refractivity contribution < 1.29 is 19.1 Å². The number of carbonyl (C=O) groups excluding carboxylic acids is 3. The second-order valence-corrected chi connectivity index (χ2v) is 6.69. The summed E-state index contributed by atoms with van der Waals surface area (Å²) in [5.41, 5.74) is 0.841. The van der Waals surface area contributed by atoms with E-state index >= 15 is 0 Å². The minimum atomic E-state index is -1.42. The van der Waals surface area contributed by atoms with Gasteiger partial charge in [-0.3, -0.25) is 14.9 Å². The molecule has 0 spiro atoms. The maximum atomic E-state index is 12.9. The fraction of sp³-hybridized carbons (Fsp3) is 0.200. The lowest BCUT2D eigenvalue weighted by molar-refractivity contribution is -0.124. The number of nitrogens with zero attached hydrogens (tertiary/aromatic N) is 2. The molecule has 4 rings (SSSR count). The molecule has 4 amide bonds. The second-order valence-electron chi connectivity index (χ2n) is 6.69. The lowest BCUT2D eigenvalue weighted by Gasteiger charge is -2.31. The van der Waals surface area contributed by atoms with Crippen LogP contribution in [0.25, 0.3) is 0 Å². The zero-order chi connectivity index (χ0) is 19.9. The SMILES string of the molecule is COc1ccc2c(c1)C(=O)N(C[C@@]1(c3ccc(C#N)cc3)NC(=O)NC1=O)C2. The number of fused-ring (bicyclic) bond motifs is 1. The van der Waals surface area contributed by atoms with Gasteiger partial charge in [0.2, 0.25) is 0 Å². The van der Waals surface area contributed by atoms with Crippen molar-refractivity contribution in [3.63, 3.8) is 0 Å². The van der Waals surface area contributed by atoms with Gasteiger partial charge in [-0.05, 0) is 35.4 Å². The highest BCUT2D eigenvalue weighted by Crippen LogP contribution is 2.32. The van der Waals surface area contributed by atoms with Crippen LogP contribution in [0, 0.1) is 11.3 Å². The summed E-state index contributed by atoms with van der Waals surface area (Å²) in [5.74, 6) is -0.206. The molecule has 2 N–H and O–H groups in total. The number of urea groups is 1. The van der Waals surface area contributed by atoms with Gasteiger partial charge in [-0.25, -0.2) is 4.79 Å². The Hall–Kier alpha value is -3.86. The van der Waals surface area contributed by atoms with Crippen LogP contribution in [0.15, 0.2) is 42.5 Å². The van der Waals surface area contributed by atoms with E-state index in [1.807, 2.05) is 12.1 Å². The van der Waals surface area contributed by atoms with Crippen molar-refractivity contribution in [1.29, 1.82) is 5.26 Å². The van der Waals surface area contributed by atoms with Gasteiger partial charge in [0.1, 0.15) is 5.75 Å². The third-order valence-electron chi connectivity index (χ3n) is 5.07. The Morgan fingerprint density at radius 1 is 1.18 bits per heavy atom. The molecule has 0 aromatic heterocycles. The fourth-order valence-corrected chi connectivity index (χ4v) is 3.61. The van der Waals surface area contributed by atoms with E-state index in [1.54, 1.807) is 36.4 Å². The zero-order valence-corrected chi connectivity index (χ0v) is 15.0. The normalized spacial score (nSPS) is 20.4. The third kappa shape index (κ3) is 2.65. The van der Waals surface area contributed by atoms with Gasteiger partial charge >= 0.3 is 6.03 Å². The summed E-state index contributed by atoms with van der Waals surface area (Å²) >= 11 is 0. The molecule has 2 aliphatic heterocycles. The molecule has 0 radical (unpaired) electrons. The quantitative estimate of drug-likeness (QED) is 0.781. The standard InChI is InChI=1S/C20H16N4O4/c1-28-15-7-4-13-10-24(17(25)16(13)8-15)11-20(18(26)22-19(27)23-20)14-5-2-12(9-21)3-6-14/h2-8H,10-11H2,1H3,(H2,22,23,26,27)/t20-/m0/s1. The molecule has 0 saturated carbocycles. The van der Waals surface area contributed by atoms with E-state index in [2.05, 4.69) is 10.6 Å². The van der Waals surface area contributed by atoms with Crippen LogP contribution in [0.1, 0.15) is 27.0 Å². The molecule has 0 bridgehead atoms. The molecule has 28 heavy (non-hydrogen) atoms. The number of rotatable bonds is 4. The first-order chi connectivity index (χ1) is 13.5. The average molecular weight is 376 g/mol. The molecule has 1 saturated heterocycles. The van der Waals surface area contributed by atoms with Crippen LogP contribution in [0.2, 0.25) is 0 Å². The molecule has 2 aliphatic rings. The van der Waals surface area contributed by atoms with Crippen LogP contribution in [0.4, 0.5) is 4.79 Å². The Balaban J connectivity index is 1.70. The summed E-state index contributed by atoms with van der Waals surface area (Å²) in [6.45, 7) is 0.283. The largest absolute Gasteiger partial charge is 0.497 e. The number of imide groups is 1. The predicted molar refractivity (Wildman–Crippen MR) is 97.2 cm³/mol. The maximum absolute atomic E-state index is 12.9. The van der Waals surface area contributed by atoms with Gasteiger partial charge in [-0.1, -0.05) is 18.2 Å². The first-order valence-electron chi connectivity index (χ1n) is 8.57. The Morgan fingerprint density at radius 3 is 2.54 bits per heavy atom. The van der Waals surface area contributed by atoms with E-state index in [1.165, 1.54) is 12.0 Å². The van der Waals surface area contributed by atoms with Crippen LogP contribution in [0.3, 0.4) is 0 Å². The lowest BCUT2D eigenvalue weighted by Crippen LogP contribution is -2.52. The number of carbonyl (C=O) groups is 3. The predicted octanol–water partition coefficient (Wildman–Crippen LogP) is 1.26. The van der Waals surface area contributed by atoms with Crippen molar-refractivity contribution in [1.82, 2.24) is 15.5 Å². The third-order valence-corrected chi connectivity index (χ3v) is 5.07. The van der Waals surface area contributed by atoms with Crippen molar-refractivity contribution >= 4 is 17.8 Å². The molecule has 0 unspecified atom stereocenters. The van der Waals surface area contributed by atoms with Crippen molar-refractivity contribution in [3.8, 4) is 11.8 Å². The van der Waals surface area contributed by atoms with E-state index in [9.17, 15) is 14.4 Å². The van der Waals surface area contributed by atoms with Crippen LogP contribution in [-0.2, 0) is 16.9 Å². The van der Waals surface area contributed by atoms with Gasteiger partial charge in [0.15, 0.2) is 5.54 Å². The monoisotopic (exact) mass is 376 g/mol. The highest BCUT2D eigenvalue weighted by atomic mass is 16.5. The summed E-state index contributed by atoms with van der Waals surface area (Å²) in [6.07, 6.45) is 0. The molecule has 2 aromatic carbocycles. The summed E-state index contributed by atoms with van der Waals surface area (Å²) in [4.78, 5) is 39.0. The van der Waals surface area contributed by atoms with E-state index in [0.717, 1.165) is 5.56 Å². The molecular formula is C20H16N4O4. The Morgan fingerprint density at radius 2 is 1.93 bits per heavy atom. The van der Waals surface area contributed by atoms with Gasteiger partial charge in [0, 0.05) is 12.1 Å². The smallest absolute Gasteiger partial charge is 0.322 e. The molecular weight excluding hydrogens is 360 g/mol. The zero-order valence-electron chi connectivity index (χ0n) is 15.0. The van der Waals surface area contributed by atoms with Gasteiger partial charge < -0.3 is 15.0 Å². The molecule has 2 heterocycles. The van der Waals surface area contributed by atoms with E-state index < -0.39 is 17.5 Å². The van der Waals surface area contributed by atoms with E-state index in [0.29, 0.717) is 29.0 Å². The number of hydrogen-bond acceptors (Lipinski definition) is 5. The minimum absolute atomic E-state index is 0.0354. The number of ether oxygens (including phenoxy) is 1. The molecule has 1 fully saturated rings. The lowest BCUT2D eigenvalue weighted by atomic mass is 9.88. The highest BCUT2D eigenvalue weighted by molar-refractivity contribution is 6.08. The maximum Gasteiger partial charge on any atom is 0.322 e. The summed E-state index contributed by atoms with van der Waals surface area (Å²) in [7, 11) is 1.53. The number of nitrogens with one attached hydrogen (secondary N) is 2. The molecule has 0 aliphatic carbocycles. The van der Waals surface area contributed by atoms with Crippen molar-refractivity contribution in [2.45, 2.75) is 12.1 Å². The first-order valence-corrected chi connectivity index (χ1v) is 8.57. The highest BCUT2D eigenvalue weighted by Gasteiger charge is 2.50. The van der Waals surface area contributed by atoms with Crippen molar-refractivity contribution in [2.75, 3.05) is 13.7 Å². The summed E-state index contributed by atoms with van der Waals surface area (Å²) < 4.78 is 5.18. The Labute approximate surface area is 160 Å². The Bertz CT molecular complexity index is 1040. The van der Waals surface area contributed by atoms with Crippen LogP contribution < -0.4 is 15.4 Å². The van der Waals surface area contributed by atoms with E-state index in [-0.39, 0.29) is 12.5 Å². The molecule has 1 atom stereocenters. The molecule has 8 nitrogen and oxygen atoms in total. The van der Waals surface area contributed by atoms with Crippen LogP contribution in [-0.4, -0.2) is 36.4 Å². The minimum Gasteiger partial charge on any atom is -0.497 e. The van der Waals surface area contributed by atoms with Crippen LogP contribution >= 0.6 is 0 Å². The first kappa shape index (κ1) is 17.5. The van der Waals surface area contributed by atoms with Gasteiger partial charge in [0.05, 0.1) is 25.3 Å². The number of methoxy groups -OCH3 is 1. The number of benzene rings is 2.